The van der Waals surface area contributed by atoms with Crippen LogP contribution < -0.4 is 14.4 Å². The van der Waals surface area contributed by atoms with Crippen LogP contribution in [0.25, 0.3) is 5.57 Å². The van der Waals surface area contributed by atoms with E-state index >= 15 is 0 Å². The van der Waals surface area contributed by atoms with E-state index in [-0.39, 0.29) is 5.41 Å². The first-order valence-corrected chi connectivity index (χ1v) is 11.5. The van der Waals surface area contributed by atoms with Crippen molar-refractivity contribution in [3.63, 3.8) is 0 Å². The van der Waals surface area contributed by atoms with E-state index in [0.717, 1.165) is 44.1 Å². The van der Waals surface area contributed by atoms with Gasteiger partial charge >= 0.3 is 0 Å². The predicted molar refractivity (Wildman–Crippen MR) is 123 cm³/mol. The van der Waals surface area contributed by atoms with Crippen LogP contribution in [0.15, 0.2) is 18.2 Å². The molecule has 162 valence electrons. The maximum atomic E-state index is 5.74. The van der Waals surface area contributed by atoms with Crippen molar-refractivity contribution >= 4 is 11.3 Å². The van der Waals surface area contributed by atoms with E-state index in [1.165, 1.54) is 36.2 Å². The molecule has 1 aromatic carbocycles. The molecule has 0 bridgehead atoms. The minimum atomic E-state index is 0.174. The van der Waals surface area contributed by atoms with Gasteiger partial charge in [-0.3, -0.25) is 4.90 Å². The van der Waals surface area contributed by atoms with Crippen LogP contribution in [0.2, 0.25) is 0 Å². The van der Waals surface area contributed by atoms with Crippen LogP contribution in [0, 0.1) is 11.3 Å². The quantitative estimate of drug-likeness (QED) is 0.549. The molecule has 0 radical (unpaired) electrons. The molecule has 2 aliphatic heterocycles. The van der Waals surface area contributed by atoms with Gasteiger partial charge in [-0.2, -0.15) is 0 Å². The Morgan fingerprint density at radius 3 is 2.31 bits per heavy atom. The first kappa shape index (κ1) is 22.0. The van der Waals surface area contributed by atoms with Crippen molar-refractivity contribution in [1.29, 1.82) is 0 Å². The van der Waals surface area contributed by atoms with Gasteiger partial charge in [0.15, 0.2) is 11.5 Å². The van der Waals surface area contributed by atoms with Gasteiger partial charge in [0.25, 0.3) is 0 Å². The smallest absolute Gasteiger partial charge is 0.231 e. The summed E-state index contributed by atoms with van der Waals surface area (Å²) >= 11 is 0. The summed E-state index contributed by atoms with van der Waals surface area (Å²) < 4.78 is 11.5. The maximum Gasteiger partial charge on any atom is 0.231 e. The monoisotopic (exact) mass is 400 g/mol. The first-order valence-electron chi connectivity index (χ1n) is 11.5. The second-order valence-electron chi connectivity index (χ2n) is 9.66. The molecule has 4 nitrogen and oxygen atoms in total. The summed E-state index contributed by atoms with van der Waals surface area (Å²) in [4.78, 5) is 5.12. The molecule has 4 heteroatoms. The van der Waals surface area contributed by atoms with Crippen molar-refractivity contribution in [2.75, 3.05) is 44.4 Å². The zero-order valence-corrected chi connectivity index (χ0v) is 19.4. The van der Waals surface area contributed by atoms with E-state index in [0.29, 0.717) is 12.7 Å². The fourth-order valence-electron chi connectivity index (χ4n) is 4.93. The number of hydrogen-bond acceptors (Lipinski definition) is 4. The van der Waals surface area contributed by atoms with Gasteiger partial charge in [0.2, 0.25) is 6.79 Å². The van der Waals surface area contributed by atoms with E-state index in [1.807, 2.05) is 0 Å². The Hall–Kier alpha value is -1.68. The highest BCUT2D eigenvalue weighted by molar-refractivity contribution is 5.80. The van der Waals surface area contributed by atoms with Crippen molar-refractivity contribution in [1.82, 2.24) is 4.90 Å². The SMILES string of the molecule is CCCN1CCN(c2cc3c(cc2/C(=C/C(C)(C)CC(C)C)CC)OCO3)CC1. The summed E-state index contributed by atoms with van der Waals surface area (Å²) in [5, 5.41) is 0. The largest absolute Gasteiger partial charge is 0.454 e. The summed E-state index contributed by atoms with van der Waals surface area (Å²) in [5.41, 5.74) is 4.21. The van der Waals surface area contributed by atoms with Gasteiger partial charge in [-0.25, -0.2) is 0 Å². The van der Waals surface area contributed by atoms with Crippen molar-refractivity contribution in [3.05, 3.63) is 23.8 Å². The molecule has 1 saturated heterocycles. The summed E-state index contributed by atoms with van der Waals surface area (Å²) in [6, 6.07) is 4.43. The fourth-order valence-corrected chi connectivity index (χ4v) is 4.93. The average Bonchev–Trinajstić information content (AvgIpc) is 3.12. The zero-order valence-electron chi connectivity index (χ0n) is 19.4. The Morgan fingerprint density at radius 2 is 1.72 bits per heavy atom. The summed E-state index contributed by atoms with van der Waals surface area (Å²) in [6.07, 6.45) is 5.93. The van der Waals surface area contributed by atoms with Crippen molar-refractivity contribution < 1.29 is 9.47 Å². The Labute approximate surface area is 177 Å². The highest BCUT2D eigenvalue weighted by Gasteiger charge is 2.26. The van der Waals surface area contributed by atoms with Crippen LogP contribution in [0.5, 0.6) is 11.5 Å². The average molecular weight is 401 g/mol. The van der Waals surface area contributed by atoms with Crippen molar-refractivity contribution in [3.8, 4) is 11.5 Å². The number of hydrogen-bond donors (Lipinski definition) is 0. The van der Waals surface area contributed by atoms with Gasteiger partial charge in [-0.15, -0.1) is 0 Å². The molecule has 29 heavy (non-hydrogen) atoms. The molecule has 0 atom stereocenters. The maximum absolute atomic E-state index is 5.74. The molecular weight excluding hydrogens is 360 g/mol. The molecular formula is C25H40N2O2. The Morgan fingerprint density at radius 1 is 1.07 bits per heavy atom. The number of piperazine rings is 1. The molecule has 0 unspecified atom stereocenters. The lowest BCUT2D eigenvalue weighted by atomic mass is 9.81. The standard InChI is InChI=1S/C25H40N2O2/c1-7-9-26-10-12-27(13-11-26)22-15-24-23(28-18-29-24)14-21(22)20(8-2)17-25(5,6)16-19(3)4/h14-15,17,19H,7-13,16,18H2,1-6H3/b20-17+. The fraction of sp³-hybridized carbons (Fsp3) is 0.680. The van der Waals surface area contributed by atoms with Crippen molar-refractivity contribution in [2.24, 2.45) is 11.3 Å². The zero-order chi connectivity index (χ0) is 21.0. The second kappa shape index (κ2) is 9.42. The molecule has 2 aliphatic rings. The molecule has 2 heterocycles. The third-order valence-electron chi connectivity index (χ3n) is 5.97. The first-order chi connectivity index (χ1) is 13.8. The number of anilines is 1. The number of allylic oxidation sites excluding steroid dienone is 2. The number of benzene rings is 1. The highest BCUT2D eigenvalue weighted by atomic mass is 16.7. The van der Waals surface area contributed by atoms with Crippen LogP contribution in [0.1, 0.15) is 66.4 Å². The minimum Gasteiger partial charge on any atom is -0.454 e. The Balaban J connectivity index is 1.95. The van der Waals surface area contributed by atoms with E-state index in [2.05, 4.69) is 69.6 Å². The van der Waals surface area contributed by atoms with E-state index < -0.39 is 0 Å². The number of fused-ring (bicyclic) bond motifs is 1. The lowest BCUT2D eigenvalue weighted by Gasteiger charge is -2.37. The van der Waals surface area contributed by atoms with Crippen LogP contribution in [0.3, 0.4) is 0 Å². The van der Waals surface area contributed by atoms with Crippen LogP contribution in [-0.2, 0) is 0 Å². The third kappa shape index (κ3) is 5.48. The lowest BCUT2D eigenvalue weighted by molar-refractivity contribution is 0.174. The van der Waals surface area contributed by atoms with E-state index in [9.17, 15) is 0 Å². The normalized spacial score (nSPS) is 18.0. The Bertz CT molecular complexity index is 716. The molecule has 0 amide bonds. The van der Waals surface area contributed by atoms with E-state index in [4.69, 9.17) is 9.47 Å². The van der Waals surface area contributed by atoms with Gasteiger partial charge in [0.1, 0.15) is 0 Å². The number of nitrogens with zero attached hydrogens (tertiary/aromatic N) is 2. The van der Waals surface area contributed by atoms with E-state index in [1.54, 1.807) is 0 Å². The molecule has 3 rings (SSSR count). The topological polar surface area (TPSA) is 24.9 Å². The molecule has 1 aromatic rings. The van der Waals surface area contributed by atoms with Crippen LogP contribution in [-0.4, -0.2) is 44.4 Å². The summed E-state index contributed by atoms with van der Waals surface area (Å²) in [7, 11) is 0. The van der Waals surface area contributed by atoms with Gasteiger partial charge in [-0.05, 0) is 48.8 Å². The van der Waals surface area contributed by atoms with Crippen LogP contribution >= 0.6 is 0 Å². The summed E-state index contributed by atoms with van der Waals surface area (Å²) in [5.74, 6) is 2.45. The molecule has 0 spiro atoms. The lowest BCUT2D eigenvalue weighted by Crippen LogP contribution is -2.46. The molecule has 0 saturated carbocycles. The molecule has 0 aliphatic carbocycles. The molecule has 0 N–H and O–H groups in total. The predicted octanol–water partition coefficient (Wildman–Crippen LogP) is 5.81. The highest BCUT2D eigenvalue weighted by Crippen LogP contribution is 2.43. The van der Waals surface area contributed by atoms with Gasteiger partial charge in [0, 0.05) is 43.5 Å². The van der Waals surface area contributed by atoms with Gasteiger partial charge in [-0.1, -0.05) is 47.6 Å². The summed E-state index contributed by atoms with van der Waals surface area (Å²) in [6.45, 7) is 19.8. The van der Waals surface area contributed by atoms with Crippen molar-refractivity contribution in [2.45, 2.75) is 60.8 Å². The number of rotatable bonds is 8. The third-order valence-corrected chi connectivity index (χ3v) is 5.97. The minimum absolute atomic E-state index is 0.174. The van der Waals surface area contributed by atoms with Gasteiger partial charge in [0.05, 0.1) is 0 Å². The van der Waals surface area contributed by atoms with Gasteiger partial charge < -0.3 is 14.4 Å². The second-order valence-corrected chi connectivity index (χ2v) is 9.66. The van der Waals surface area contributed by atoms with Crippen LogP contribution in [0.4, 0.5) is 5.69 Å². The Kier molecular flexibility index (Phi) is 7.15. The number of ether oxygens (including phenoxy) is 2. The molecule has 0 aromatic heterocycles. The molecule has 1 fully saturated rings.